The smallest absolute Gasteiger partial charge is 0.210 e. The van der Waals surface area contributed by atoms with Crippen LogP contribution in [0.15, 0.2) is 49.1 Å². The summed E-state index contributed by atoms with van der Waals surface area (Å²) >= 11 is 0. The SMILES string of the molecule is C=CC[C@@]1(Cc2c(C)cc(C)cc2C)Oc2ccccc2C1=O. The Labute approximate surface area is 137 Å². The van der Waals surface area contributed by atoms with Gasteiger partial charge in [0.05, 0.1) is 5.56 Å². The zero-order chi connectivity index (χ0) is 16.6. The van der Waals surface area contributed by atoms with Gasteiger partial charge >= 0.3 is 0 Å². The number of carbonyl (C=O) groups excluding carboxylic acids is 1. The summed E-state index contributed by atoms with van der Waals surface area (Å²) in [5.41, 5.74) is 4.66. The highest BCUT2D eigenvalue weighted by atomic mass is 16.5. The number of ketones is 1. The second kappa shape index (κ2) is 5.69. The molecule has 0 bridgehead atoms. The van der Waals surface area contributed by atoms with Crippen LogP contribution in [-0.4, -0.2) is 11.4 Å². The van der Waals surface area contributed by atoms with Gasteiger partial charge in [0.1, 0.15) is 5.75 Å². The molecule has 0 radical (unpaired) electrons. The summed E-state index contributed by atoms with van der Waals surface area (Å²) in [5, 5.41) is 0. The maximum atomic E-state index is 13.0. The number of fused-ring (bicyclic) bond motifs is 1. The summed E-state index contributed by atoms with van der Waals surface area (Å²) < 4.78 is 6.17. The minimum absolute atomic E-state index is 0.0624. The molecule has 0 spiro atoms. The Morgan fingerprint density at radius 3 is 2.39 bits per heavy atom. The van der Waals surface area contributed by atoms with Gasteiger partial charge in [0.25, 0.3) is 0 Å². The highest BCUT2D eigenvalue weighted by molar-refractivity contribution is 6.07. The summed E-state index contributed by atoms with van der Waals surface area (Å²) in [4.78, 5) is 13.0. The standard InChI is InChI=1S/C21H22O2/c1-5-10-21(13-18-15(3)11-14(2)12-16(18)4)20(22)17-8-6-7-9-19(17)23-21/h5-9,11-12H,1,10,13H2,2-4H3/t21-/m0/s1. The van der Waals surface area contributed by atoms with E-state index < -0.39 is 5.60 Å². The van der Waals surface area contributed by atoms with Crippen molar-refractivity contribution in [2.75, 3.05) is 0 Å². The van der Waals surface area contributed by atoms with E-state index in [2.05, 4.69) is 39.5 Å². The van der Waals surface area contributed by atoms with Gasteiger partial charge in [-0.2, -0.15) is 0 Å². The van der Waals surface area contributed by atoms with Crippen molar-refractivity contribution < 1.29 is 9.53 Å². The van der Waals surface area contributed by atoms with E-state index in [1.807, 2.05) is 24.3 Å². The maximum Gasteiger partial charge on any atom is 0.210 e. The Morgan fingerprint density at radius 2 is 1.78 bits per heavy atom. The van der Waals surface area contributed by atoms with Gasteiger partial charge in [0, 0.05) is 12.8 Å². The van der Waals surface area contributed by atoms with Crippen LogP contribution in [0.1, 0.15) is 39.0 Å². The molecule has 2 heteroatoms. The van der Waals surface area contributed by atoms with Crippen LogP contribution in [0.4, 0.5) is 0 Å². The van der Waals surface area contributed by atoms with E-state index in [0.717, 1.165) is 0 Å². The molecule has 2 aromatic rings. The van der Waals surface area contributed by atoms with Gasteiger partial charge in [-0.15, -0.1) is 6.58 Å². The summed E-state index contributed by atoms with van der Waals surface area (Å²) in [5.74, 6) is 0.745. The van der Waals surface area contributed by atoms with E-state index in [-0.39, 0.29) is 5.78 Å². The average molecular weight is 306 g/mol. The third-order valence-corrected chi connectivity index (χ3v) is 4.63. The summed E-state index contributed by atoms with van der Waals surface area (Å²) in [7, 11) is 0. The Kier molecular flexibility index (Phi) is 3.85. The van der Waals surface area contributed by atoms with Gasteiger partial charge in [-0.05, 0) is 49.6 Å². The predicted molar refractivity (Wildman–Crippen MR) is 93.3 cm³/mol. The molecule has 3 rings (SSSR count). The monoisotopic (exact) mass is 306 g/mol. The van der Waals surface area contributed by atoms with Crippen LogP contribution in [-0.2, 0) is 6.42 Å². The molecule has 118 valence electrons. The number of Topliss-reactive ketones (excluding diaryl/α,β-unsaturated/α-hetero) is 1. The molecule has 23 heavy (non-hydrogen) atoms. The first kappa shape index (κ1) is 15.5. The number of para-hydroxylation sites is 1. The fourth-order valence-corrected chi connectivity index (χ4v) is 3.58. The van der Waals surface area contributed by atoms with Gasteiger partial charge in [-0.1, -0.05) is 35.9 Å². The zero-order valence-corrected chi connectivity index (χ0v) is 14.0. The fourth-order valence-electron chi connectivity index (χ4n) is 3.58. The molecule has 0 fully saturated rings. The van der Waals surface area contributed by atoms with E-state index in [9.17, 15) is 4.79 Å². The Balaban J connectivity index is 2.05. The van der Waals surface area contributed by atoms with Crippen LogP contribution in [0.25, 0.3) is 0 Å². The van der Waals surface area contributed by atoms with Crippen LogP contribution < -0.4 is 4.74 Å². The van der Waals surface area contributed by atoms with Crippen LogP contribution in [0.3, 0.4) is 0 Å². The first-order chi connectivity index (χ1) is 11.0. The number of benzene rings is 2. The predicted octanol–water partition coefficient (Wildman–Crippen LogP) is 4.74. The normalized spacial score (nSPS) is 19.3. The molecule has 1 heterocycles. The van der Waals surface area contributed by atoms with E-state index in [0.29, 0.717) is 24.2 Å². The van der Waals surface area contributed by atoms with Crippen molar-refractivity contribution in [2.45, 2.75) is 39.2 Å². The number of ether oxygens (including phenoxy) is 1. The highest BCUT2D eigenvalue weighted by Gasteiger charge is 2.47. The van der Waals surface area contributed by atoms with E-state index in [1.54, 1.807) is 6.08 Å². The number of carbonyl (C=O) groups is 1. The van der Waals surface area contributed by atoms with Crippen LogP contribution in [0.5, 0.6) is 5.75 Å². The molecule has 0 aromatic heterocycles. The van der Waals surface area contributed by atoms with Crippen LogP contribution >= 0.6 is 0 Å². The van der Waals surface area contributed by atoms with E-state index >= 15 is 0 Å². The maximum absolute atomic E-state index is 13.0. The molecule has 1 atom stereocenters. The zero-order valence-electron chi connectivity index (χ0n) is 14.0. The molecule has 0 aliphatic carbocycles. The summed E-state index contributed by atoms with van der Waals surface area (Å²) in [6.45, 7) is 10.1. The third kappa shape index (κ3) is 2.59. The second-order valence-corrected chi connectivity index (χ2v) is 6.47. The van der Waals surface area contributed by atoms with Crippen molar-refractivity contribution in [3.05, 3.63) is 76.9 Å². The van der Waals surface area contributed by atoms with Gasteiger partial charge in [-0.3, -0.25) is 4.79 Å². The quantitative estimate of drug-likeness (QED) is 0.762. The van der Waals surface area contributed by atoms with Crippen molar-refractivity contribution in [1.29, 1.82) is 0 Å². The molecule has 0 saturated carbocycles. The molecule has 2 aromatic carbocycles. The molecule has 2 nitrogen and oxygen atoms in total. The average Bonchev–Trinajstić information content (AvgIpc) is 2.77. The molecule has 0 N–H and O–H groups in total. The minimum Gasteiger partial charge on any atom is -0.478 e. The Morgan fingerprint density at radius 1 is 1.13 bits per heavy atom. The van der Waals surface area contributed by atoms with Crippen LogP contribution in [0, 0.1) is 20.8 Å². The third-order valence-electron chi connectivity index (χ3n) is 4.63. The molecular formula is C21H22O2. The molecule has 0 unspecified atom stereocenters. The lowest BCUT2D eigenvalue weighted by molar-refractivity contribution is 0.0570. The minimum atomic E-state index is -0.865. The Bertz CT molecular complexity index is 765. The van der Waals surface area contributed by atoms with Gasteiger partial charge in [0.15, 0.2) is 5.60 Å². The lowest BCUT2D eigenvalue weighted by Crippen LogP contribution is -2.42. The largest absolute Gasteiger partial charge is 0.478 e. The highest BCUT2D eigenvalue weighted by Crippen LogP contribution is 2.40. The van der Waals surface area contributed by atoms with Crippen molar-refractivity contribution in [1.82, 2.24) is 0 Å². The molecule has 1 aliphatic heterocycles. The van der Waals surface area contributed by atoms with Crippen molar-refractivity contribution in [3.8, 4) is 5.75 Å². The molecular weight excluding hydrogens is 284 g/mol. The second-order valence-electron chi connectivity index (χ2n) is 6.47. The van der Waals surface area contributed by atoms with Gasteiger partial charge in [-0.25, -0.2) is 0 Å². The molecule has 1 aliphatic rings. The first-order valence-corrected chi connectivity index (χ1v) is 7.97. The summed E-state index contributed by atoms with van der Waals surface area (Å²) in [6, 6.07) is 11.8. The Hall–Kier alpha value is -2.35. The lowest BCUT2D eigenvalue weighted by Gasteiger charge is -2.28. The van der Waals surface area contributed by atoms with E-state index in [4.69, 9.17) is 4.74 Å². The fraction of sp³-hybridized carbons (Fsp3) is 0.286. The lowest BCUT2D eigenvalue weighted by atomic mass is 9.83. The first-order valence-electron chi connectivity index (χ1n) is 7.97. The van der Waals surface area contributed by atoms with Crippen molar-refractivity contribution in [2.24, 2.45) is 0 Å². The molecule has 0 amide bonds. The number of rotatable bonds is 4. The summed E-state index contributed by atoms with van der Waals surface area (Å²) in [6.07, 6.45) is 2.86. The van der Waals surface area contributed by atoms with Gasteiger partial charge < -0.3 is 4.74 Å². The van der Waals surface area contributed by atoms with Crippen LogP contribution in [0.2, 0.25) is 0 Å². The van der Waals surface area contributed by atoms with Gasteiger partial charge in [0.2, 0.25) is 5.78 Å². The molecule has 0 saturated heterocycles. The number of hydrogen-bond donors (Lipinski definition) is 0. The van der Waals surface area contributed by atoms with Crippen molar-refractivity contribution >= 4 is 5.78 Å². The van der Waals surface area contributed by atoms with E-state index in [1.165, 1.54) is 22.3 Å². The number of hydrogen-bond acceptors (Lipinski definition) is 2. The van der Waals surface area contributed by atoms with Crippen molar-refractivity contribution in [3.63, 3.8) is 0 Å². The number of aryl methyl sites for hydroxylation is 3. The topological polar surface area (TPSA) is 26.3 Å².